The molecule has 0 aliphatic carbocycles. The summed E-state index contributed by atoms with van der Waals surface area (Å²) in [4.78, 5) is 28.3. The van der Waals surface area contributed by atoms with E-state index in [0.717, 1.165) is 5.69 Å². The Hall–Kier alpha value is -2.28. The van der Waals surface area contributed by atoms with Crippen molar-refractivity contribution in [3.05, 3.63) is 39.6 Å². The molecule has 0 radical (unpaired) electrons. The Morgan fingerprint density at radius 2 is 2.08 bits per heavy atom. The molecule has 1 heterocycles. The highest BCUT2D eigenvalue weighted by Crippen LogP contribution is 2.29. The Labute approximate surface area is 143 Å². The first-order valence-corrected chi connectivity index (χ1v) is 8.33. The fourth-order valence-electron chi connectivity index (χ4n) is 2.12. The molecule has 0 unspecified atom stereocenters. The number of thiazole rings is 1. The molecule has 1 aromatic heterocycles. The molecule has 0 aliphatic rings. The van der Waals surface area contributed by atoms with Gasteiger partial charge in [-0.1, -0.05) is 13.8 Å². The third-order valence-electron chi connectivity index (χ3n) is 3.44. The van der Waals surface area contributed by atoms with E-state index < -0.39 is 11.7 Å². The summed E-state index contributed by atoms with van der Waals surface area (Å²) < 4.78 is 19.3. The van der Waals surface area contributed by atoms with Gasteiger partial charge in [-0.2, -0.15) is 0 Å². The summed E-state index contributed by atoms with van der Waals surface area (Å²) in [6.07, 6.45) is 0.0192. The Bertz CT molecular complexity index is 771. The van der Waals surface area contributed by atoms with E-state index in [2.05, 4.69) is 10.3 Å². The number of ether oxygens (including phenoxy) is 1. The number of carbonyl (C=O) groups is 2. The second-order valence-corrected chi connectivity index (χ2v) is 6.55. The summed E-state index contributed by atoms with van der Waals surface area (Å²) >= 11 is 1.38. The lowest BCUT2D eigenvalue weighted by atomic mass is 10.1. The van der Waals surface area contributed by atoms with Gasteiger partial charge in [-0.25, -0.2) is 9.37 Å². The van der Waals surface area contributed by atoms with Crippen LogP contribution in [0.1, 0.15) is 47.7 Å². The molecule has 1 aromatic carbocycles. The van der Waals surface area contributed by atoms with Crippen molar-refractivity contribution in [3.8, 4) is 5.75 Å². The fourth-order valence-corrected chi connectivity index (χ4v) is 3.08. The molecule has 0 atom stereocenters. The number of ketones is 1. The molecule has 0 bridgehead atoms. The molecule has 2 rings (SSSR count). The molecule has 5 nitrogen and oxygen atoms in total. The average Bonchev–Trinajstić information content (AvgIpc) is 2.97. The first-order chi connectivity index (χ1) is 11.3. The maximum atomic E-state index is 14.4. The maximum Gasteiger partial charge on any atom is 0.231 e. The van der Waals surface area contributed by atoms with Crippen LogP contribution in [0, 0.1) is 5.82 Å². The second-order valence-electron chi connectivity index (χ2n) is 5.61. The molecule has 0 fully saturated rings. The van der Waals surface area contributed by atoms with Crippen LogP contribution in [0.5, 0.6) is 5.75 Å². The fraction of sp³-hybridized carbons (Fsp3) is 0.353. The monoisotopic (exact) mass is 350 g/mol. The topological polar surface area (TPSA) is 68.3 Å². The predicted octanol–water partition coefficient (Wildman–Crippen LogP) is 3.80. The van der Waals surface area contributed by atoms with Crippen molar-refractivity contribution in [3.63, 3.8) is 0 Å². The number of hydrogen-bond acceptors (Lipinski definition) is 5. The summed E-state index contributed by atoms with van der Waals surface area (Å²) in [7, 11) is 1.32. The van der Waals surface area contributed by atoms with Crippen molar-refractivity contribution >= 4 is 28.7 Å². The highest BCUT2D eigenvalue weighted by molar-refractivity contribution is 7.09. The average molecular weight is 350 g/mol. The molecule has 24 heavy (non-hydrogen) atoms. The molecule has 0 saturated heterocycles. The summed E-state index contributed by atoms with van der Waals surface area (Å²) in [5, 5.41) is 5.02. The lowest BCUT2D eigenvalue weighted by molar-refractivity contribution is -0.115. The molecular weight excluding hydrogens is 331 g/mol. The van der Waals surface area contributed by atoms with Gasteiger partial charge in [-0.05, 0) is 25.0 Å². The van der Waals surface area contributed by atoms with E-state index in [9.17, 15) is 14.0 Å². The zero-order valence-electron chi connectivity index (χ0n) is 14.0. The number of carbonyl (C=O) groups excluding carboxylic acids is 2. The van der Waals surface area contributed by atoms with Crippen LogP contribution in [-0.2, 0) is 11.2 Å². The number of methoxy groups -OCH3 is 1. The van der Waals surface area contributed by atoms with Crippen molar-refractivity contribution in [2.75, 3.05) is 12.4 Å². The molecule has 128 valence electrons. The van der Waals surface area contributed by atoms with E-state index in [-0.39, 0.29) is 35.1 Å². The quantitative estimate of drug-likeness (QED) is 0.805. The summed E-state index contributed by atoms with van der Waals surface area (Å²) in [5.74, 6) is -1.30. The smallest absolute Gasteiger partial charge is 0.231 e. The SMILES string of the molecule is COc1ccc(C(C)=O)c(NC(=O)Cc2nc(C(C)C)cs2)c1F. The largest absolute Gasteiger partial charge is 0.494 e. The number of benzene rings is 1. The third kappa shape index (κ3) is 3.97. The molecule has 1 N–H and O–H groups in total. The van der Waals surface area contributed by atoms with E-state index in [1.54, 1.807) is 0 Å². The van der Waals surface area contributed by atoms with Crippen molar-refractivity contribution in [2.45, 2.75) is 33.1 Å². The van der Waals surface area contributed by atoms with Crippen LogP contribution < -0.4 is 10.1 Å². The molecule has 0 saturated carbocycles. The first kappa shape index (κ1) is 18.1. The number of Topliss-reactive ketones (excluding diaryl/α,β-unsaturated/α-hetero) is 1. The summed E-state index contributed by atoms with van der Waals surface area (Å²) in [6, 6.07) is 2.79. The van der Waals surface area contributed by atoms with E-state index in [1.165, 1.54) is 37.5 Å². The number of anilines is 1. The van der Waals surface area contributed by atoms with Gasteiger partial charge in [0, 0.05) is 10.9 Å². The Morgan fingerprint density at radius 1 is 1.38 bits per heavy atom. The second kappa shape index (κ2) is 7.53. The van der Waals surface area contributed by atoms with Gasteiger partial charge in [-0.3, -0.25) is 9.59 Å². The minimum absolute atomic E-state index is 0.0192. The highest BCUT2D eigenvalue weighted by Gasteiger charge is 2.19. The van der Waals surface area contributed by atoms with Crippen molar-refractivity contribution in [1.82, 2.24) is 4.98 Å². The van der Waals surface area contributed by atoms with Crippen LogP contribution in [-0.4, -0.2) is 23.8 Å². The number of hydrogen-bond donors (Lipinski definition) is 1. The van der Waals surface area contributed by atoms with Gasteiger partial charge >= 0.3 is 0 Å². The molecular formula is C17H19FN2O3S. The van der Waals surface area contributed by atoms with Crippen LogP contribution in [0.3, 0.4) is 0 Å². The number of aromatic nitrogens is 1. The molecule has 7 heteroatoms. The van der Waals surface area contributed by atoms with Crippen LogP contribution in [0.15, 0.2) is 17.5 Å². The van der Waals surface area contributed by atoms with Gasteiger partial charge < -0.3 is 10.1 Å². The summed E-state index contributed by atoms with van der Waals surface area (Å²) in [5.41, 5.74) is 0.857. The summed E-state index contributed by atoms with van der Waals surface area (Å²) in [6.45, 7) is 5.35. The van der Waals surface area contributed by atoms with Gasteiger partial charge in [0.15, 0.2) is 17.3 Å². The predicted molar refractivity (Wildman–Crippen MR) is 91.5 cm³/mol. The zero-order chi connectivity index (χ0) is 17.9. The maximum absolute atomic E-state index is 14.4. The van der Waals surface area contributed by atoms with Crippen molar-refractivity contribution in [2.24, 2.45) is 0 Å². The highest BCUT2D eigenvalue weighted by atomic mass is 32.1. The van der Waals surface area contributed by atoms with Gasteiger partial charge in [0.1, 0.15) is 5.01 Å². The molecule has 2 aromatic rings. The van der Waals surface area contributed by atoms with Crippen LogP contribution in [0.25, 0.3) is 0 Å². The van der Waals surface area contributed by atoms with Crippen molar-refractivity contribution < 1.29 is 18.7 Å². The number of halogens is 1. The van der Waals surface area contributed by atoms with Crippen LogP contribution in [0.4, 0.5) is 10.1 Å². The standard InChI is InChI=1S/C17H19FN2O3S/c1-9(2)12-8-24-15(19-12)7-14(22)20-17-11(10(3)21)5-6-13(23-4)16(17)18/h5-6,8-9H,7H2,1-4H3,(H,20,22). The molecule has 0 aliphatic heterocycles. The van der Waals surface area contributed by atoms with Crippen LogP contribution >= 0.6 is 11.3 Å². The zero-order valence-corrected chi connectivity index (χ0v) is 14.8. The Morgan fingerprint density at radius 3 is 2.62 bits per heavy atom. The normalized spacial score (nSPS) is 10.8. The van der Waals surface area contributed by atoms with E-state index in [0.29, 0.717) is 5.01 Å². The van der Waals surface area contributed by atoms with Crippen molar-refractivity contribution in [1.29, 1.82) is 0 Å². The number of nitrogens with zero attached hydrogens (tertiary/aromatic N) is 1. The van der Waals surface area contributed by atoms with Gasteiger partial charge in [0.05, 0.1) is 24.9 Å². The third-order valence-corrected chi connectivity index (χ3v) is 4.31. The molecule has 1 amide bonds. The number of rotatable bonds is 6. The Kier molecular flexibility index (Phi) is 5.66. The van der Waals surface area contributed by atoms with Gasteiger partial charge in [0.2, 0.25) is 5.91 Å². The lowest BCUT2D eigenvalue weighted by Crippen LogP contribution is -2.18. The van der Waals surface area contributed by atoms with E-state index >= 15 is 0 Å². The van der Waals surface area contributed by atoms with Gasteiger partial charge in [-0.15, -0.1) is 11.3 Å². The van der Waals surface area contributed by atoms with Gasteiger partial charge in [0.25, 0.3) is 0 Å². The van der Waals surface area contributed by atoms with E-state index in [4.69, 9.17) is 4.74 Å². The molecule has 0 spiro atoms. The number of amides is 1. The minimum atomic E-state index is -0.763. The number of nitrogens with one attached hydrogen (secondary N) is 1. The lowest BCUT2D eigenvalue weighted by Gasteiger charge is -2.12. The minimum Gasteiger partial charge on any atom is -0.494 e. The first-order valence-electron chi connectivity index (χ1n) is 7.45. The van der Waals surface area contributed by atoms with E-state index in [1.807, 2.05) is 19.2 Å². The Balaban J connectivity index is 2.22. The van der Waals surface area contributed by atoms with Crippen LogP contribution in [0.2, 0.25) is 0 Å².